The van der Waals surface area contributed by atoms with Crippen molar-refractivity contribution in [2.24, 2.45) is 10.9 Å². The molecule has 2 aromatic carbocycles. The summed E-state index contributed by atoms with van der Waals surface area (Å²) >= 11 is 5.03. The van der Waals surface area contributed by atoms with Gasteiger partial charge < -0.3 is 11.1 Å². The number of nitrogens with two attached hydrogens (primary N) is 2. The first-order valence-electron chi connectivity index (χ1n) is 5.94. The standard InChI is InChI=1S/C13H15N3O2S2/c14-13(19)11-5-6-12(16-7-8-20(15,17)18)10-4-2-1-3-9(10)11/h1-6,16H,7-8H2,(H2,14,19)(H2,15,17,18). The zero-order valence-electron chi connectivity index (χ0n) is 10.7. The van der Waals surface area contributed by atoms with Gasteiger partial charge in [-0.05, 0) is 17.5 Å². The Hall–Kier alpha value is -1.70. The van der Waals surface area contributed by atoms with Gasteiger partial charge in [0.2, 0.25) is 10.0 Å². The minimum Gasteiger partial charge on any atom is -0.389 e. The van der Waals surface area contributed by atoms with Gasteiger partial charge in [-0.15, -0.1) is 0 Å². The number of benzene rings is 2. The van der Waals surface area contributed by atoms with E-state index in [1.165, 1.54) is 0 Å². The number of thiocarbonyl (C=S) groups is 1. The summed E-state index contributed by atoms with van der Waals surface area (Å²) in [6.45, 7) is 0.245. The number of primary sulfonamides is 1. The SMILES string of the molecule is NC(=S)c1ccc(NCCS(N)(=O)=O)c2ccccc12. The molecule has 20 heavy (non-hydrogen) atoms. The quantitative estimate of drug-likeness (QED) is 0.720. The number of hydrogen-bond acceptors (Lipinski definition) is 4. The molecule has 0 amide bonds. The highest BCUT2D eigenvalue weighted by Crippen LogP contribution is 2.26. The first-order valence-corrected chi connectivity index (χ1v) is 8.07. The van der Waals surface area contributed by atoms with E-state index in [-0.39, 0.29) is 12.3 Å². The highest BCUT2D eigenvalue weighted by Gasteiger charge is 2.08. The van der Waals surface area contributed by atoms with Crippen molar-refractivity contribution in [2.45, 2.75) is 0 Å². The van der Waals surface area contributed by atoms with Gasteiger partial charge >= 0.3 is 0 Å². The maximum atomic E-state index is 10.9. The van der Waals surface area contributed by atoms with Gasteiger partial charge in [0.1, 0.15) is 4.99 Å². The molecule has 5 nitrogen and oxygen atoms in total. The summed E-state index contributed by atoms with van der Waals surface area (Å²) in [5, 5.41) is 9.91. The topological polar surface area (TPSA) is 98.2 Å². The molecule has 0 radical (unpaired) electrons. The van der Waals surface area contributed by atoms with E-state index in [1.54, 1.807) is 0 Å². The number of sulfonamides is 1. The number of nitrogens with one attached hydrogen (secondary N) is 1. The molecular weight excluding hydrogens is 294 g/mol. The molecule has 0 saturated heterocycles. The normalized spacial score (nSPS) is 11.4. The minimum atomic E-state index is -3.47. The lowest BCUT2D eigenvalue weighted by Gasteiger charge is -2.12. The molecule has 5 N–H and O–H groups in total. The van der Waals surface area contributed by atoms with Crippen molar-refractivity contribution in [2.75, 3.05) is 17.6 Å². The number of anilines is 1. The predicted molar refractivity (Wildman–Crippen MR) is 86.3 cm³/mol. The summed E-state index contributed by atoms with van der Waals surface area (Å²) in [5.74, 6) is -0.127. The highest BCUT2D eigenvalue weighted by atomic mass is 32.2. The van der Waals surface area contributed by atoms with Crippen LogP contribution < -0.4 is 16.2 Å². The maximum absolute atomic E-state index is 10.9. The maximum Gasteiger partial charge on any atom is 0.210 e. The molecule has 7 heteroatoms. The van der Waals surface area contributed by atoms with E-state index >= 15 is 0 Å². The van der Waals surface area contributed by atoms with Crippen LogP contribution in [0.3, 0.4) is 0 Å². The lowest BCUT2D eigenvalue weighted by molar-refractivity contribution is 0.598. The van der Waals surface area contributed by atoms with E-state index in [9.17, 15) is 8.42 Å². The smallest absolute Gasteiger partial charge is 0.210 e. The van der Waals surface area contributed by atoms with Crippen LogP contribution in [0, 0.1) is 0 Å². The van der Waals surface area contributed by atoms with Crippen molar-refractivity contribution < 1.29 is 8.42 Å². The predicted octanol–water partition coefficient (Wildman–Crippen LogP) is 1.17. The molecule has 0 aliphatic rings. The first kappa shape index (κ1) is 14.7. The Kier molecular flexibility index (Phi) is 4.22. The second-order valence-corrected chi connectivity index (χ2v) is 6.54. The highest BCUT2D eigenvalue weighted by molar-refractivity contribution is 7.89. The van der Waals surface area contributed by atoms with Crippen LogP contribution >= 0.6 is 12.2 Å². The molecule has 106 valence electrons. The van der Waals surface area contributed by atoms with Gasteiger partial charge in [0.05, 0.1) is 5.75 Å². The van der Waals surface area contributed by atoms with Gasteiger partial charge in [0, 0.05) is 23.2 Å². The molecule has 0 aromatic heterocycles. The third-order valence-corrected chi connectivity index (χ3v) is 3.88. The van der Waals surface area contributed by atoms with Crippen LogP contribution in [-0.4, -0.2) is 25.7 Å². The van der Waals surface area contributed by atoms with Crippen LogP contribution in [0.15, 0.2) is 36.4 Å². The fraction of sp³-hybridized carbons (Fsp3) is 0.154. The molecule has 0 unspecified atom stereocenters. The minimum absolute atomic E-state index is 0.127. The summed E-state index contributed by atoms with van der Waals surface area (Å²) in [6, 6.07) is 11.3. The van der Waals surface area contributed by atoms with E-state index in [0.717, 1.165) is 22.0 Å². The summed E-state index contributed by atoms with van der Waals surface area (Å²) in [4.78, 5) is 0.331. The Bertz CT molecular complexity index is 757. The third-order valence-electron chi connectivity index (χ3n) is 2.89. The van der Waals surface area contributed by atoms with Crippen LogP contribution in [0.1, 0.15) is 5.56 Å². The fourth-order valence-corrected chi connectivity index (χ4v) is 2.56. The second-order valence-electron chi connectivity index (χ2n) is 4.36. The van der Waals surface area contributed by atoms with Gasteiger partial charge in [-0.25, -0.2) is 13.6 Å². The van der Waals surface area contributed by atoms with E-state index in [0.29, 0.717) is 4.99 Å². The molecule has 0 aliphatic heterocycles. The number of hydrogen-bond donors (Lipinski definition) is 3. The van der Waals surface area contributed by atoms with E-state index in [1.807, 2.05) is 36.4 Å². The van der Waals surface area contributed by atoms with Crippen LogP contribution in [0.2, 0.25) is 0 Å². The summed E-state index contributed by atoms with van der Waals surface area (Å²) in [6.07, 6.45) is 0. The van der Waals surface area contributed by atoms with Crippen LogP contribution in [-0.2, 0) is 10.0 Å². The first-order chi connectivity index (χ1) is 9.38. The molecule has 0 bridgehead atoms. The van der Waals surface area contributed by atoms with Crippen molar-refractivity contribution in [3.63, 3.8) is 0 Å². The van der Waals surface area contributed by atoms with Gasteiger partial charge in [0.15, 0.2) is 0 Å². The largest absolute Gasteiger partial charge is 0.389 e. The van der Waals surface area contributed by atoms with Crippen molar-refractivity contribution >= 4 is 43.7 Å². The monoisotopic (exact) mass is 309 g/mol. The second kappa shape index (κ2) is 5.74. The van der Waals surface area contributed by atoms with Crippen LogP contribution in [0.25, 0.3) is 10.8 Å². The average Bonchev–Trinajstić information content (AvgIpc) is 2.37. The molecule has 0 atom stereocenters. The average molecular weight is 309 g/mol. The molecule has 0 aliphatic carbocycles. The van der Waals surface area contributed by atoms with Crippen LogP contribution in [0.4, 0.5) is 5.69 Å². The van der Waals surface area contributed by atoms with E-state index < -0.39 is 10.0 Å². The molecule has 0 spiro atoms. The Labute approximate surface area is 123 Å². The molecule has 0 fully saturated rings. The Morgan fingerprint density at radius 2 is 1.80 bits per heavy atom. The fourth-order valence-electron chi connectivity index (χ4n) is 2.00. The van der Waals surface area contributed by atoms with Gasteiger partial charge in [-0.3, -0.25) is 0 Å². The molecular formula is C13H15N3O2S2. The number of rotatable bonds is 5. The summed E-state index contributed by atoms with van der Waals surface area (Å²) in [7, 11) is -3.47. The summed E-state index contributed by atoms with van der Waals surface area (Å²) < 4.78 is 21.9. The molecule has 0 heterocycles. The van der Waals surface area contributed by atoms with E-state index in [2.05, 4.69) is 5.32 Å². The van der Waals surface area contributed by atoms with Crippen molar-refractivity contribution in [1.29, 1.82) is 0 Å². The molecule has 2 rings (SSSR count). The lowest BCUT2D eigenvalue weighted by Crippen LogP contribution is -2.22. The number of fused-ring (bicyclic) bond motifs is 1. The van der Waals surface area contributed by atoms with Gasteiger partial charge in [-0.2, -0.15) is 0 Å². The lowest BCUT2D eigenvalue weighted by atomic mass is 10.0. The molecule has 0 saturated carbocycles. The summed E-state index contributed by atoms with van der Waals surface area (Å²) in [5.41, 5.74) is 7.32. The zero-order valence-corrected chi connectivity index (χ0v) is 12.3. The van der Waals surface area contributed by atoms with Gasteiger partial charge in [-0.1, -0.05) is 36.5 Å². The van der Waals surface area contributed by atoms with Crippen molar-refractivity contribution in [3.8, 4) is 0 Å². The Balaban J connectivity index is 2.36. The van der Waals surface area contributed by atoms with Crippen molar-refractivity contribution in [1.82, 2.24) is 0 Å². The van der Waals surface area contributed by atoms with Gasteiger partial charge in [0.25, 0.3) is 0 Å². The third kappa shape index (κ3) is 3.44. The Morgan fingerprint density at radius 3 is 2.40 bits per heavy atom. The van der Waals surface area contributed by atoms with Crippen LogP contribution in [0.5, 0.6) is 0 Å². The van der Waals surface area contributed by atoms with Crippen molar-refractivity contribution in [3.05, 3.63) is 42.0 Å². The Morgan fingerprint density at radius 1 is 1.15 bits per heavy atom. The zero-order chi connectivity index (χ0) is 14.8. The van der Waals surface area contributed by atoms with E-state index in [4.69, 9.17) is 23.1 Å². The molecule has 2 aromatic rings.